The number of hydrogen-bond acceptors (Lipinski definition) is 5. The Bertz CT molecular complexity index is 1270. The van der Waals surface area contributed by atoms with Crippen LogP contribution in [0.15, 0.2) is 77.9 Å². The van der Waals surface area contributed by atoms with Crippen LogP contribution in [0, 0.1) is 17.2 Å². The largest absolute Gasteiger partial charge is 0.488 e. The Hall–Kier alpha value is -4.15. The van der Waals surface area contributed by atoms with Crippen molar-refractivity contribution in [3.63, 3.8) is 0 Å². The minimum absolute atomic E-state index is 0.167. The molecule has 184 valence electrons. The molecule has 0 bridgehead atoms. The molecular weight excluding hydrogens is 476 g/mol. The molecule has 0 radical (unpaired) electrons. The Kier molecular flexibility index (Phi) is 9.61. The zero-order valence-corrected chi connectivity index (χ0v) is 20.8. The molecule has 2 amide bonds. The maximum Gasteiger partial charge on any atom is 0.262 e. The number of hydrazone groups is 1. The van der Waals surface area contributed by atoms with Crippen molar-refractivity contribution >= 4 is 29.6 Å². The molecule has 1 atom stereocenters. The van der Waals surface area contributed by atoms with E-state index >= 15 is 0 Å². The number of hydrogen-bond donors (Lipinski definition) is 2. The zero-order chi connectivity index (χ0) is 25.9. The normalized spacial score (nSPS) is 11.6. The van der Waals surface area contributed by atoms with Crippen molar-refractivity contribution in [1.82, 2.24) is 10.7 Å². The van der Waals surface area contributed by atoms with Crippen molar-refractivity contribution in [2.45, 2.75) is 32.9 Å². The Morgan fingerprint density at radius 2 is 1.75 bits per heavy atom. The van der Waals surface area contributed by atoms with Crippen LogP contribution in [0.4, 0.5) is 0 Å². The summed E-state index contributed by atoms with van der Waals surface area (Å²) >= 11 is 5.89. The molecule has 0 heterocycles. The fraction of sp³-hybridized carbons (Fsp3) is 0.214. The van der Waals surface area contributed by atoms with E-state index in [-0.39, 0.29) is 18.4 Å². The number of nitrogens with one attached hydrogen (secondary N) is 2. The topological polar surface area (TPSA) is 104 Å². The minimum atomic E-state index is -0.765. The Morgan fingerprint density at radius 3 is 2.47 bits per heavy atom. The molecule has 0 saturated carbocycles. The van der Waals surface area contributed by atoms with E-state index in [1.165, 1.54) is 6.21 Å². The quantitative estimate of drug-likeness (QED) is 0.298. The number of carbonyl (C=O) groups is 2. The summed E-state index contributed by atoms with van der Waals surface area (Å²) in [7, 11) is 0. The van der Waals surface area contributed by atoms with E-state index in [0.717, 1.165) is 5.56 Å². The first kappa shape index (κ1) is 26.5. The molecule has 3 rings (SSSR count). The van der Waals surface area contributed by atoms with Crippen LogP contribution in [0.2, 0.25) is 5.02 Å². The number of rotatable bonds is 10. The minimum Gasteiger partial charge on any atom is -0.488 e. The predicted octanol–water partition coefficient (Wildman–Crippen LogP) is 5.09. The van der Waals surface area contributed by atoms with Gasteiger partial charge in [0.1, 0.15) is 18.4 Å². The van der Waals surface area contributed by atoms with Crippen molar-refractivity contribution < 1.29 is 14.3 Å². The van der Waals surface area contributed by atoms with E-state index in [2.05, 4.69) is 21.9 Å². The molecule has 36 heavy (non-hydrogen) atoms. The summed E-state index contributed by atoms with van der Waals surface area (Å²) < 4.78 is 5.91. The SMILES string of the molecule is CC(C)CC(NC(=O)c1ccc(Cl)cc1)C(=O)NN=Cc1ccccc1OCc1ccccc1C#N. The smallest absolute Gasteiger partial charge is 0.262 e. The molecule has 0 aliphatic rings. The molecule has 1 unspecified atom stereocenters. The summed E-state index contributed by atoms with van der Waals surface area (Å²) in [6, 6.07) is 22.3. The molecule has 0 aliphatic heterocycles. The Balaban J connectivity index is 1.65. The van der Waals surface area contributed by atoms with Crippen molar-refractivity contribution in [2.75, 3.05) is 0 Å². The van der Waals surface area contributed by atoms with Gasteiger partial charge in [-0.25, -0.2) is 5.43 Å². The van der Waals surface area contributed by atoms with Gasteiger partial charge in [-0.1, -0.05) is 55.8 Å². The highest BCUT2D eigenvalue weighted by Gasteiger charge is 2.22. The third-order valence-electron chi connectivity index (χ3n) is 5.25. The summed E-state index contributed by atoms with van der Waals surface area (Å²) in [6.07, 6.45) is 1.93. The van der Waals surface area contributed by atoms with Gasteiger partial charge in [0.2, 0.25) is 0 Å². The van der Waals surface area contributed by atoms with Crippen LogP contribution in [0.1, 0.15) is 47.3 Å². The van der Waals surface area contributed by atoms with Crippen LogP contribution in [-0.2, 0) is 11.4 Å². The van der Waals surface area contributed by atoms with Gasteiger partial charge in [-0.15, -0.1) is 0 Å². The average molecular weight is 503 g/mol. The van der Waals surface area contributed by atoms with Gasteiger partial charge in [-0.3, -0.25) is 9.59 Å². The molecule has 0 fully saturated rings. The van der Waals surface area contributed by atoms with Gasteiger partial charge < -0.3 is 10.1 Å². The fourth-order valence-electron chi connectivity index (χ4n) is 3.42. The van der Waals surface area contributed by atoms with Crippen molar-refractivity contribution in [2.24, 2.45) is 11.0 Å². The van der Waals surface area contributed by atoms with Gasteiger partial charge in [-0.05, 0) is 54.8 Å². The molecule has 2 N–H and O–H groups in total. The number of ether oxygens (including phenoxy) is 1. The predicted molar refractivity (Wildman–Crippen MR) is 140 cm³/mol. The van der Waals surface area contributed by atoms with Gasteiger partial charge in [0, 0.05) is 21.7 Å². The summed E-state index contributed by atoms with van der Waals surface area (Å²) in [6.45, 7) is 4.15. The van der Waals surface area contributed by atoms with Crippen LogP contribution in [0.3, 0.4) is 0 Å². The summed E-state index contributed by atoms with van der Waals surface area (Å²) in [5, 5.41) is 16.7. The van der Waals surface area contributed by atoms with Crippen molar-refractivity contribution in [3.05, 3.63) is 100 Å². The zero-order valence-electron chi connectivity index (χ0n) is 20.1. The Morgan fingerprint density at radius 1 is 1.06 bits per heavy atom. The van der Waals surface area contributed by atoms with E-state index < -0.39 is 11.9 Å². The van der Waals surface area contributed by atoms with Crippen LogP contribution in [0.5, 0.6) is 5.75 Å². The van der Waals surface area contributed by atoms with Gasteiger partial charge in [-0.2, -0.15) is 10.4 Å². The molecule has 0 spiro atoms. The first-order valence-electron chi connectivity index (χ1n) is 11.5. The number of nitrogens with zero attached hydrogens (tertiary/aromatic N) is 2. The first-order chi connectivity index (χ1) is 17.4. The number of carbonyl (C=O) groups excluding carboxylic acids is 2. The van der Waals surface area contributed by atoms with E-state index in [1.807, 2.05) is 38.1 Å². The molecule has 0 aliphatic carbocycles. The molecular formula is C28H27ClN4O3. The standard InChI is InChI=1S/C28H27ClN4O3/c1-19(2)15-25(32-27(34)20-11-13-24(29)14-12-20)28(35)33-31-17-22-8-5-6-10-26(22)36-18-23-9-4-3-7-21(23)16-30/h3-14,17,19,25H,15,18H2,1-2H3,(H,32,34)(H,33,35). The van der Waals surface area contributed by atoms with Gasteiger partial charge in [0.15, 0.2) is 0 Å². The van der Waals surface area contributed by atoms with E-state index in [4.69, 9.17) is 16.3 Å². The second-order valence-corrected chi connectivity index (χ2v) is 8.93. The lowest BCUT2D eigenvalue weighted by atomic mass is 10.0. The lowest BCUT2D eigenvalue weighted by molar-refractivity contribution is -0.123. The lowest BCUT2D eigenvalue weighted by Crippen LogP contribution is -2.46. The summed E-state index contributed by atoms with van der Waals surface area (Å²) in [5.41, 5.74) is 4.90. The highest BCUT2D eigenvalue weighted by molar-refractivity contribution is 6.30. The third kappa shape index (κ3) is 7.69. The van der Waals surface area contributed by atoms with E-state index in [9.17, 15) is 14.9 Å². The fourth-order valence-corrected chi connectivity index (χ4v) is 3.54. The number of nitriles is 1. The van der Waals surface area contributed by atoms with Crippen LogP contribution in [-0.4, -0.2) is 24.1 Å². The van der Waals surface area contributed by atoms with Gasteiger partial charge in [0.25, 0.3) is 11.8 Å². The maximum atomic E-state index is 12.8. The molecule has 0 saturated heterocycles. The highest BCUT2D eigenvalue weighted by Crippen LogP contribution is 2.19. The highest BCUT2D eigenvalue weighted by atomic mass is 35.5. The summed E-state index contributed by atoms with van der Waals surface area (Å²) in [5.74, 6) is -0.0740. The molecule has 7 nitrogen and oxygen atoms in total. The third-order valence-corrected chi connectivity index (χ3v) is 5.51. The number of halogens is 1. The summed E-state index contributed by atoms with van der Waals surface area (Å²) in [4.78, 5) is 25.5. The van der Waals surface area contributed by atoms with E-state index in [0.29, 0.717) is 33.9 Å². The Labute approximate surface area is 215 Å². The van der Waals surface area contributed by atoms with Crippen molar-refractivity contribution in [3.8, 4) is 11.8 Å². The number of benzene rings is 3. The number of amides is 2. The van der Waals surface area contributed by atoms with Crippen LogP contribution in [0.25, 0.3) is 0 Å². The van der Waals surface area contributed by atoms with Crippen LogP contribution < -0.4 is 15.5 Å². The lowest BCUT2D eigenvalue weighted by Gasteiger charge is -2.19. The van der Waals surface area contributed by atoms with Crippen LogP contribution >= 0.6 is 11.6 Å². The molecule has 8 heteroatoms. The van der Waals surface area contributed by atoms with Gasteiger partial charge in [0.05, 0.1) is 17.8 Å². The molecule has 0 aromatic heterocycles. The number of para-hydroxylation sites is 1. The molecule has 3 aromatic carbocycles. The van der Waals surface area contributed by atoms with E-state index in [1.54, 1.807) is 48.5 Å². The monoisotopic (exact) mass is 502 g/mol. The average Bonchev–Trinajstić information content (AvgIpc) is 2.87. The maximum absolute atomic E-state index is 12.8. The molecule has 3 aromatic rings. The second kappa shape index (κ2) is 13.1. The van der Waals surface area contributed by atoms with Gasteiger partial charge >= 0.3 is 0 Å². The second-order valence-electron chi connectivity index (χ2n) is 8.49. The first-order valence-corrected chi connectivity index (χ1v) is 11.8. The van der Waals surface area contributed by atoms with Crippen molar-refractivity contribution in [1.29, 1.82) is 5.26 Å².